The monoisotopic (exact) mass is 419 g/mol. The standard InChI is InChI=1S/C16H13N5O5S2/c22-13(17-8-12-5-2-6-26-12)9-27-16-20-19-15(28-16)18-14(23)10-3-1-4-11(7-10)21(24)25/h1-7H,8-9H2,(H,17,22)(H,18,19,23). The largest absolute Gasteiger partial charge is 0.467 e. The SMILES string of the molecule is O=C(CSc1nnc(NC(=O)c2cccc([N+](=O)[O-])c2)s1)NCc1ccco1. The van der Waals surface area contributed by atoms with Crippen molar-refractivity contribution in [1.82, 2.24) is 15.5 Å². The van der Waals surface area contributed by atoms with Crippen LogP contribution in [-0.4, -0.2) is 32.7 Å². The van der Waals surface area contributed by atoms with Gasteiger partial charge in [-0.3, -0.25) is 25.0 Å². The van der Waals surface area contributed by atoms with E-state index >= 15 is 0 Å². The summed E-state index contributed by atoms with van der Waals surface area (Å²) in [6.45, 7) is 0.299. The molecule has 0 fully saturated rings. The van der Waals surface area contributed by atoms with E-state index in [1.807, 2.05) is 0 Å². The summed E-state index contributed by atoms with van der Waals surface area (Å²) in [6, 6.07) is 8.86. The molecule has 2 heterocycles. The lowest BCUT2D eigenvalue weighted by Gasteiger charge is -2.01. The number of nitro groups is 1. The summed E-state index contributed by atoms with van der Waals surface area (Å²) in [5, 5.41) is 24.0. The first-order valence-corrected chi connectivity index (χ1v) is 9.62. The molecule has 144 valence electrons. The molecule has 0 bridgehead atoms. The highest BCUT2D eigenvalue weighted by atomic mass is 32.2. The number of nitro benzene ring substituents is 1. The summed E-state index contributed by atoms with van der Waals surface area (Å²) in [4.78, 5) is 34.2. The van der Waals surface area contributed by atoms with Crippen LogP contribution < -0.4 is 10.6 Å². The van der Waals surface area contributed by atoms with Gasteiger partial charge in [-0.1, -0.05) is 29.2 Å². The van der Waals surface area contributed by atoms with Gasteiger partial charge in [0.2, 0.25) is 11.0 Å². The number of aromatic nitrogens is 2. The number of benzene rings is 1. The summed E-state index contributed by atoms with van der Waals surface area (Å²) < 4.78 is 5.63. The van der Waals surface area contributed by atoms with Gasteiger partial charge in [0.15, 0.2) is 4.34 Å². The minimum absolute atomic E-state index is 0.133. The number of nitrogens with zero attached hydrogens (tertiary/aromatic N) is 3. The topological polar surface area (TPSA) is 140 Å². The number of hydrogen-bond acceptors (Lipinski definition) is 9. The maximum Gasteiger partial charge on any atom is 0.270 e. The Hall–Kier alpha value is -3.25. The second kappa shape index (κ2) is 9.10. The molecule has 0 saturated heterocycles. The number of hydrogen-bond donors (Lipinski definition) is 2. The van der Waals surface area contributed by atoms with Gasteiger partial charge in [-0.25, -0.2) is 0 Å². The smallest absolute Gasteiger partial charge is 0.270 e. The van der Waals surface area contributed by atoms with Crippen LogP contribution in [0.5, 0.6) is 0 Å². The molecule has 0 atom stereocenters. The molecular formula is C16H13N5O5S2. The average Bonchev–Trinajstić information content (AvgIpc) is 3.36. The van der Waals surface area contributed by atoms with Crippen molar-refractivity contribution in [3.8, 4) is 0 Å². The molecule has 28 heavy (non-hydrogen) atoms. The van der Waals surface area contributed by atoms with Crippen molar-refractivity contribution in [2.24, 2.45) is 0 Å². The third kappa shape index (κ3) is 5.37. The number of furan rings is 1. The fourth-order valence-electron chi connectivity index (χ4n) is 2.03. The van der Waals surface area contributed by atoms with E-state index in [9.17, 15) is 19.7 Å². The van der Waals surface area contributed by atoms with E-state index in [0.717, 1.165) is 11.3 Å². The summed E-state index contributed by atoms with van der Waals surface area (Å²) in [5.74, 6) is 0.0561. The highest BCUT2D eigenvalue weighted by molar-refractivity contribution is 8.01. The fourth-order valence-corrected chi connectivity index (χ4v) is 3.60. The molecule has 0 aliphatic heterocycles. The fraction of sp³-hybridized carbons (Fsp3) is 0.125. The van der Waals surface area contributed by atoms with E-state index in [0.29, 0.717) is 16.6 Å². The number of rotatable bonds is 8. The van der Waals surface area contributed by atoms with Gasteiger partial charge in [0.1, 0.15) is 5.76 Å². The highest BCUT2D eigenvalue weighted by Crippen LogP contribution is 2.26. The predicted molar refractivity (Wildman–Crippen MR) is 102 cm³/mol. The molecule has 0 unspecified atom stereocenters. The second-order valence-corrected chi connectivity index (χ2v) is 7.48. The van der Waals surface area contributed by atoms with Crippen LogP contribution in [0, 0.1) is 10.1 Å². The maximum absolute atomic E-state index is 12.2. The van der Waals surface area contributed by atoms with Crippen molar-refractivity contribution >= 4 is 45.7 Å². The Morgan fingerprint density at radius 1 is 1.25 bits per heavy atom. The van der Waals surface area contributed by atoms with Gasteiger partial charge in [0.05, 0.1) is 23.5 Å². The molecule has 12 heteroatoms. The van der Waals surface area contributed by atoms with Crippen LogP contribution in [-0.2, 0) is 11.3 Å². The van der Waals surface area contributed by atoms with Crippen LogP contribution in [0.1, 0.15) is 16.1 Å². The number of nitrogens with one attached hydrogen (secondary N) is 2. The molecule has 10 nitrogen and oxygen atoms in total. The minimum Gasteiger partial charge on any atom is -0.467 e. The molecule has 0 aliphatic rings. The highest BCUT2D eigenvalue weighted by Gasteiger charge is 2.14. The Balaban J connectivity index is 1.49. The summed E-state index contributed by atoms with van der Waals surface area (Å²) in [5.41, 5.74) is -0.0439. The molecule has 2 aromatic heterocycles. The van der Waals surface area contributed by atoms with Gasteiger partial charge in [-0.2, -0.15) is 0 Å². The molecule has 3 rings (SSSR count). The Morgan fingerprint density at radius 3 is 2.86 bits per heavy atom. The van der Waals surface area contributed by atoms with Crippen molar-refractivity contribution < 1.29 is 18.9 Å². The molecule has 0 saturated carbocycles. The van der Waals surface area contributed by atoms with Crippen LogP contribution in [0.3, 0.4) is 0 Å². The van der Waals surface area contributed by atoms with Crippen molar-refractivity contribution in [3.63, 3.8) is 0 Å². The third-order valence-electron chi connectivity index (χ3n) is 3.31. The van der Waals surface area contributed by atoms with E-state index in [1.165, 1.54) is 42.3 Å². The van der Waals surface area contributed by atoms with Gasteiger partial charge < -0.3 is 9.73 Å². The first-order chi connectivity index (χ1) is 13.5. The number of carbonyl (C=O) groups is 2. The van der Waals surface area contributed by atoms with Gasteiger partial charge in [0, 0.05) is 17.7 Å². The van der Waals surface area contributed by atoms with Crippen molar-refractivity contribution in [3.05, 3.63) is 64.1 Å². The molecule has 0 aliphatic carbocycles. The van der Waals surface area contributed by atoms with Gasteiger partial charge in [-0.15, -0.1) is 10.2 Å². The van der Waals surface area contributed by atoms with Crippen molar-refractivity contribution in [1.29, 1.82) is 0 Å². The Morgan fingerprint density at radius 2 is 2.11 bits per heavy atom. The molecule has 3 aromatic rings. The van der Waals surface area contributed by atoms with Gasteiger partial charge in [0.25, 0.3) is 11.6 Å². The number of non-ortho nitro benzene ring substituents is 1. The average molecular weight is 419 g/mol. The van der Waals surface area contributed by atoms with E-state index in [-0.39, 0.29) is 28.0 Å². The van der Waals surface area contributed by atoms with Gasteiger partial charge >= 0.3 is 0 Å². The molecule has 2 amide bonds. The quantitative estimate of drug-likeness (QED) is 0.246. The lowest BCUT2D eigenvalue weighted by molar-refractivity contribution is -0.384. The van der Waals surface area contributed by atoms with E-state index in [4.69, 9.17) is 4.42 Å². The first kappa shape index (κ1) is 19.5. The predicted octanol–water partition coefficient (Wildman–Crippen LogP) is 2.70. The summed E-state index contributed by atoms with van der Waals surface area (Å²) in [7, 11) is 0. The van der Waals surface area contributed by atoms with Crippen molar-refractivity contribution in [2.75, 3.05) is 11.1 Å². The maximum atomic E-state index is 12.2. The number of carbonyl (C=O) groups excluding carboxylic acids is 2. The zero-order chi connectivity index (χ0) is 19.9. The van der Waals surface area contributed by atoms with Crippen LogP contribution in [0.15, 0.2) is 51.4 Å². The van der Waals surface area contributed by atoms with Crippen LogP contribution in [0.25, 0.3) is 0 Å². The number of thioether (sulfide) groups is 1. The van der Waals surface area contributed by atoms with E-state index < -0.39 is 10.8 Å². The normalized spacial score (nSPS) is 10.4. The molecule has 0 radical (unpaired) electrons. The van der Waals surface area contributed by atoms with Crippen LogP contribution >= 0.6 is 23.1 Å². The zero-order valence-electron chi connectivity index (χ0n) is 14.2. The Kier molecular flexibility index (Phi) is 6.34. The number of amides is 2. The van der Waals surface area contributed by atoms with Crippen molar-refractivity contribution in [2.45, 2.75) is 10.9 Å². The third-order valence-corrected chi connectivity index (χ3v) is 5.28. The summed E-state index contributed by atoms with van der Waals surface area (Å²) >= 11 is 2.28. The van der Waals surface area contributed by atoms with E-state index in [1.54, 1.807) is 12.1 Å². The van der Waals surface area contributed by atoms with Crippen LogP contribution in [0.2, 0.25) is 0 Å². The Bertz CT molecular complexity index is 989. The summed E-state index contributed by atoms with van der Waals surface area (Å²) in [6.07, 6.45) is 1.53. The lowest BCUT2D eigenvalue weighted by atomic mass is 10.2. The van der Waals surface area contributed by atoms with Gasteiger partial charge in [-0.05, 0) is 18.2 Å². The Labute approximate surface area is 166 Å². The molecular weight excluding hydrogens is 406 g/mol. The van der Waals surface area contributed by atoms with E-state index in [2.05, 4.69) is 20.8 Å². The number of anilines is 1. The lowest BCUT2D eigenvalue weighted by Crippen LogP contribution is -2.24. The minimum atomic E-state index is -0.576. The zero-order valence-corrected chi connectivity index (χ0v) is 15.8. The second-order valence-electron chi connectivity index (χ2n) is 5.28. The first-order valence-electron chi connectivity index (χ1n) is 7.82. The molecule has 0 spiro atoms. The molecule has 2 N–H and O–H groups in total. The molecule has 1 aromatic carbocycles. The van der Waals surface area contributed by atoms with Crippen LogP contribution in [0.4, 0.5) is 10.8 Å².